The van der Waals surface area contributed by atoms with E-state index in [0.29, 0.717) is 0 Å². The van der Waals surface area contributed by atoms with Gasteiger partial charge in [0.05, 0.1) is 6.61 Å². The van der Waals surface area contributed by atoms with Crippen LogP contribution in [-0.4, -0.2) is 18.5 Å². The molecule has 0 aromatic heterocycles. The Morgan fingerprint density at radius 1 is 1.56 bits per heavy atom. The maximum absolute atomic E-state index is 5.32. The fourth-order valence-electron chi connectivity index (χ4n) is 1.34. The van der Waals surface area contributed by atoms with Crippen molar-refractivity contribution in [2.45, 2.75) is 11.7 Å². The first-order valence-corrected chi connectivity index (χ1v) is 4.31. The van der Waals surface area contributed by atoms with Crippen LogP contribution in [0.5, 0.6) is 0 Å². The van der Waals surface area contributed by atoms with Gasteiger partial charge in [0.2, 0.25) is 0 Å². The summed E-state index contributed by atoms with van der Waals surface area (Å²) in [7, 11) is 0. The summed E-state index contributed by atoms with van der Waals surface area (Å²) in [6.07, 6.45) is 3.55. The molecule has 50 valence electrons. The normalized spacial score (nSPS) is 40.9. The summed E-state index contributed by atoms with van der Waals surface area (Å²) in [5.74, 6) is 0.823. The number of hydrogen-bond acceptors (Lipinski definition) is 2. The van der Waals surface area contributed by atoms with E-state index < -0.39 is 0 Å². The summed E-state index contributed by atoms with van der Waals surface area (Å²) in [5.41, 5.74) is 0. The summed E-state index contributed by atoms with van der Waals surface area (Å²) < 4.78 is 5.32. The van der Waals surface area contributed by atoms with Gasteiger partial charge in [-0.3, -0.25) is 0 Å². The summed E-state index contributed by atoms with van der Waals surface area (Å²) in [6, 6.07) is 0. The lowest BCUT2D eigenvalue weighted by Gasteiger charge is -2.23. The van der Waals surface area contributed by atoms with Gasteiger partial charge in [0.15, 0.2) is 0 Å². The van der Waals surface area contributed by atoms with E-state index in [-0.39, 0.29) is 0 Å². The zero-order valence-corrected chi connectivity index (χ0v) is 6.06. The van der Waals surface area contributed by atoms with Crippen LogP contribution in [-0.2, 0) is 4.74 Å². The molecule has 2 atom stereocenters. The van der Waals surface area contributed by atoms with Crippen molar-refractivity contribution < 1.29 is 4.74 Å². The molecule has 0 aromatic carbocycles. The molecular formula is C7H10OS. The van der Waals surface area contributed by atoms with Gasteiger partial charge in [-0.25, -0.2) is 0 Å². The molecule has 0 radical (unpaired) electrons. The van der Waals surface area contributed by atoms with Gasteiger partial charge in [-0.1, -0.05) is 6.08 Å². The van der Waals surface area contributed by atoms with Crippen LogP contribution >= 0.6 is 11.8 Å². The number of hydrogen-bond donors (Lipinski definition) is 0. The second-order valence-corrected chi connectivity index (χ2v) is 3.68. The van der Waals surface area contributed by atoms with Crippen LogP contribution in [0.15, 0.2) is 11.5 Å². The Morgan fingerprint density at radius 3 is 3.44 bits per heavy atom. The molecule has 2 aliphatic rings. The van der Waals surface area contributed by atoms with Crippen LogP contribution in [0.1, 0.15) is 6.42 Å². The van der Waals surface area contributed by atoms with Gasteiger partial charge in [0.25, 0.3) is 0 Å². The maximum atomic E-state index is 5.32. The smallest absolute Gasteiger partial charge is 0.0594 e. The SMILES string of the molecule is C1=CC2CCOCC2S1. The van der Waals surface area contributed by atoms with Gasteiger partial charge in [-0.05, 0) is 17.7 Å². The molecule has 0 aromatic rings. The number of fused-ring (bicyclic) bond motifs is 1. The number of ether oxygens (including phenoxy) is 1. The molecule has 2 heterocycles. The highest BCUT2D eigenvalue weighted by Gasteiger charge is 2.26. The van der Waals surface area contributed by atoms with Crippen molar-refractivity contribution in [3.8, 4) is 0 Å². The third kappa shape index (κ3) is 1.01. The first kappa shape index (κ1) is 5.81. The average molecular weight is 142 g/mol. The summed E-state index contributed by atoms with van der Waals surface area (Å²) in [5, 5.41) is 2.96. The molecular weight excluding hydrogens is 132 g/mol. The van der Waals surface area contributed by atoms with E-state index in [4.69, 9.17) is 4.74 Å². The van der Waals surface area contributed by atoms with Crippen molar-refractivity contribution in [2.24, 2.45) is 5.92 Å². The molecule has 0 aliphatic carbocycles. The van der Waals surface area contributed by atoms with Gasteiger partial charge in [-0.2, -0.15) is 0 Å². The zero-order valence-electron chi connectivity index (χ0n) is 5.25. The van der Waals surface area contributed by atoms with Crippen LogP contribution in [0.25, 0.3) is 0 Å². The predicted octanol–water partition coefficient (Wildman–Crippen LogP) is 1.65. The molecule has 1 fully saturated rings. The molecule has 2 aliphatic heterocycles. The largest absolute Gasteiger partial charge is 0.380 e. The number of allylic oxidation sites excluding steroid dienone is 1. The van der Waals surface area contributed by atoms with E-state index >= 15 is 0 Å². The van der Waals surface area contributed by atoms with E-state index in [2.05, 4.69) is 11.5 Å². The molecule has 0 N–H and O–H groups in total. The Labute approximate surface area is 59.5 Å². The Kier molecular flexibility index (Phi) is 1.52. The van der Waals surface area contributed by atoms with Crippen LogP contribution in [0.4, 0.5) is 0 Å². The highest BCUT2D eigenvalue weighted by molar-refractivity contribution is 8.03. The van der Waals surface area contributed by atoms with Crippen LogP contribution in [0.2, 0.25) is 0 Å². The minimum atomic E-state index is 0.749. The second-order valence-electron chi connectivity index (χ2n) is 2.53. The second kappa shape index (κ2) is 2.35. The first-order valence-electron chi connectivity index (χ1n) is 3.37. The quantitative estimate of drug-likeness (QED) is 0.508. The van der Waals surface area contributed by atoms with Gasteiger partial charge in [-0.15, -0.1) is 11.8 Å². The summed E-state index contributed by atoms with van der Waals surface area (Å²) in [6.45, 7) is 1.92. The lowest BCUT2D eigenvalue weighted by atomic mass is 10.0. The van der Waals surface area contributed by atoms with Crippen LogP contribution in [0.3, 0.4) is 0 Å². The highest BCUT2D eigenvalue weighted by Crippen LogP contribution is 2.34. The minimum absolute atomic E-state index is 0.749. The third-order valence-corrected chi connectivity index (χ3v) is 3.08. The summed E-state index contributed by atoms with van der Waals surface area (Å²) >= 11 is 1.92. The molecule has 0 saturated carbocycles. The standard InChI is InChI=1S/C7H10OS/c1-3-8-5-7-6(1)2-4-9-7/h2,4,6-7H,1,3,5H2. The first-order chi connectivity index (χ1) is 4.47. The van der Waals surface area contributed by atoms with Crippen molar-refractivity contribution >= 4 is 11.8 Å². The third-order valence-electron chi connectivity index (χ3n) is 1.93. The monoisotopic (exact) mass is 142 g/mol. The molecule has 0 amide bonds. The Bertz CT molecular complexity index is 133. The minimum Gasteiger partial charge on any atom is -0.380 e. The predicted molar refractivity (Wildman–Crippen MR) is 39.4 cm³/mol. The van der Waals surface area contributed by atoms with Gasteiger partial charge in [0, 0.05) is 11.9 Å². The van der Waals surface area contributed by atoms with Gasteiger partial charge < -0.3 is 4.74 Å². The average Bonchev–Trinajstić information content (AvgIpc) is 2.33. The van der Waals surface area contributed by atoms with Crippen LogP contribution in [0, 0.1) is 5.92 Å². The van der Waals surface area contributed by atoms with Crippen molar-refractivity contribution in [3.05, 3.63) is 11.5 Å². The van der Waals surface area contributed by atoms with Crippen molar-refractivity contribution in [2.75, 3.05) is 13.2 Å². The molecule has 2 rings (SSSR count). The molecule has 2 heteroatoms. The van der Waals surface area contributed by atoms with E-state index in [9.17, 15) is 0 Å². The zero-order chi connectivity index (χ0) is 6.10. The number of thioether (sulfide) groups is 1. The van der Waals surface area contributed by atoms with E-state index in [1.54, 1.807) is 0 Å². The van der Waals surface area contributed by atoms with Crippen molar-refractivity contribution in [1.29, 1.82) is 0 Å². The van der Waals surface area contributed by atoms with Crippen molar-refractivity contribution in [1.82, 2.24) is 0 Å². The molecule has 2 unspecified atom stereocenters. The molecule has 1 saturated heterocycles. The van der Waals surface area contributed by atoms with E-state index in [0.717, 1.165) is 24.4 Å². The van der Waals surface area contributed by atoms with Gasteiger partial charge >= 0.3 is 0 Å². The summed E-state index contributed by atoms with van der Waals surface area (Å²) in [4.78, 5) is 0. The lowest BCUT2D eigenvalue weighted by Crippen LogP contribution is -2.25. The topological polar surface area (TPSA) is 9.23 Å². The lowest BCUT2D eigenvalue weighted by molar-refractivity contribution is 0.0851. The molecule has 0 bridgehead atoms. The Balaban J connectivity index is 2.03. The molecule has 9 heavy (non-hydrogen) atoms. The fourth-order valence-corrected chi connectivity index (χ4v) is 2.43. The highest BCUT2D eigenvalue weighted by atomic mass is 32.2. The van der Waals surface area contributed by atoms with Crippen LogP contribution < -0.4 is 0 Å². The molecule has 1 nitrogen and oxygen atoms in total. The fraction of sp³-hybridized carbons (Fsp3) is 0.714. The number of rotatable bonds is 0. The van der Waals surface area contributed by atoms with E-state index in [1.807, 2.05) is 11.8 Å². The van der Waals surface area contributed by atoms with Crippen molar-refractivity contribution in [3.63, 3.8) is 0 Å². The van der Waals surface area contributed by atoms with Gasteiger partial charge in [0.1, 0.15) is 0 Å². The Hall–Kier alpha value is 0.0500. The molecule has 0 spiro atoms. The Morgan fingerprint density at radius 2 is 2.56 bits per heavy atom. The maximum Gasteiger partial charge on any atom is 0.0594 e. The van der Waals surface area contributed by atoms with E-state index in [1.165, 1.54) is 6.42 Å².